The monoisotopic (exact) mass is 351 g/mol. The molecule has 1 aromatic carbocycles. The third-order valence-electron chi connectivity index (χ3n) is 3.71. The van der Waals surface area contributed by atoms with Gasteiger partial charge >= 0.3 is 5.97 Å². The fourth-order valence-electron chi connectivity index (χ4n) is 2.24. The molecule has 0 saturated carbocycles. The lowest BCUT2D eigenvalue weighted by Gasteiger charge is -2.27. The lowest BCUT2D eigenvalue weighted by molar-refractivity contribution is -0.139. The Kier molecular flexibility index (Phi) is 7.90. The van der Waals surface area contributed by atoms with Crippen molar-refractivity contribution in [3.8, 4) is 5.75 Å². The second kappa shape index (κ2) is 9.42. The van der Waals surface area contributed by atoms with Gasteiger partial charge in [0.25, 0.3) is 5.91 Å². The van der Waals surface area contributed by atoms with Crippen LogP contribution in [0.1, 0.15) is 58.3 Å². The summed E-state index contributed by atoms with van der Waals surface area (Å²) in [5.74, 6) is -0.323. The van der Waals surface area contributed by atoms with Gasteiger partial charge in [0.2, 0.25) is 0 Å². The summed E-state index contributed by atoms with van der Waals surface area (Å²) in [6, 6.07) is 4.92. The molecular formula is C19H29NO5. The van der Waals surface area contributed by atoms with Crippen LogP contribution in [0.4, 0.5) is 5.69 Å². The van der Waals surface area contributed by atoms with Crippen LogP contribution in [-0.4, -0.2) is 36.8 Å². The number of esters is 1. The molecule has 6 nitrogen and oxygen atoms in total. The highest BCUT2D eigenvalue weighted by atomic mass is 16.5. The van der Waals surface area contributed by atoms with Gasteiger partial charge in [-0.15, -0.1) is 0 Å². The fourth-order valence-corrected chi connectivity index (χ4v) is 2.24. The third kappa shape index (κ3) is 5.74. The van der Waals surface area contributed by atoms with E-state index in [0.717, 1.165) is 0 Å². The maximum absolute atomic E-state index is 12.5. The van der Waals surface area contributed by atoms with E-state index in [9.17, 15) is 9.59 Å². The Hall–Kier alpha value is -2.08. The van der Waals surface area contributed by atoms with E-state index in [4.69, 9.17) is 14.2 Å². The van der Waals surface area contributed by atoms with Gasteiger partial charge in [-0.05, 0) is 59.2 Å². The minimum atomic E-state index is -0.925. The lowest BCUT2D eigenvalue weighted by atomic mass is 10.0. The van der Waals surface area contributed by atoms with Crippen molar-refractivity contribution in [2.75, 3.05) is 18.5 Å². The van der Waals surface area contributed by atoms with Gasteiger partial charge in [0.15, 0.2) is 0 Å². The van der Waals surface area contributed by atoms with E-state index in [-0.39, 0.29) is 24.2 Å². The molecule has 0 aliphatic heterocycles. The summed E-state index contributed by atoms with van der Waals surface area (Å²) in [7, 11) is 0. The molecule has 0 spiro atoms. The van der Waals surface area contributed by atoms with Crippen molar-refractivity contribution in [1.29, 1.82) is 0 Å². The number of nitrogens with one attached hydrogen (secondary N) is 1. The van der Waals surface area contributed by atoms with E-state index in [2.05, 4.69) is 5.32 Å². The summed E-state index contributed by atoms with van der Waals surface area (Å²) in [5, 5.41) is 2.81. The van der Waals surface area contributed by atoms with Crippen molar-refractivity contribution in [1.82, 2.24) is 0 Å². The normalized spacial score (nSPS) is 13.2. The Labute approximate surface area is 149 Å². The first-order valence-corrected chi connectivity index (χ1v) is 8.70. The zero-order chi connectivity index (χ0) is 19.0. The van der Waals surface area contributed by atoms with Crippen LogP contribution in [0.3, 0.4) is 0 Å². The molecule has 0 aliphatic rings. The van der Waals surface area contributed by atoms with Crippen molar-refractivity contribution in [2.45, 2.75) is 59.7 Å². The highest BCUT2D eigenvalue weighted by molar-refractivity contribution is 5.99. The standard InChI is InChI=1S/C19H29NO5/c1-7-19(6,24-9-3)18(22)20-14-10-11-16(25-13(4)5)15(12-14)17(21)23-8-2/h10-13H,7-9H2,1-6H3,(H,20,22)/t19-/m1/s1. The summed E-state index contributed by atoms with van der Waals surface area (Å²) in [5.41, 5.74) is -0.155. The first kappa shape index (κ1) is 21.0. The average Bonchev–Trinajstić information content (AvgIpc) is 2.56. The summed E-state index contributed by atoms with van der Waals surface area (Å²) >= 11 is 0. The van der Waals surface area contributed by atoms with Crippen molar-refractivity contribution >= 4 is 17.6 Å². The van der Waals surface area contributed by atoms with Gasteiger partial charge in [-0.3, -0.25) is 4.79 Å². The molecule has 1 atom stereocenters. The maximum Gasteiger partial charge on any atom is 0.341 e. The topological polar surface area (TPSA) is 73.9 Å². The van der Waals surface area contributed by atoms with E-state index < -0.39 is 11.6 Å². The second-order valence-electron chi connectivity index (χ2n) is 6.07. The van der Waals surface area contributed by atoms with Crippen molar-refractivity contribution in [3.63, 3.8) is 0 Å². The smallest absolute Gasteiger partial charge is 0.341 e. The number of ether oxygens (including phenoxy) is 3. The SMILES string of the molecule is CCOC(=O)c1cc(NC(=O)[C@@](C)(CC)OCC)ccc1OC(C)C. The minimum absolute atomic E-state index is 0.0880. The van der Waals surface area contributed by atoms with Gasteiger partial charge in [-0.2, -0.15) is 0 Å². The van der Waals surface area contributed by atoms with Crippen LogP contribution in [0.5, 0.6) is 5.75 Å². The first-order valence-electron chi connectivity index (χ1n) is 8.70. The van der Waals surface area contributed by atoms with Crippen molar-refractivity contribution in [3.05, 3.63) is 23.8 Å². The van der Waals surface area contributed by atoms with Gasteiger partial charge in [-0.25, -0.2) is 4.79 Å². The number of hydrogen-bond donors (Lipinski definition) is 1. The van der Waals surface area contributed by atoms with Crippen LogP contribution in [-0.2, 0) is 14.3 Å². The van der Waals surface area contributed by atoms with E-state index in [0.29, 0.717) is 24.5 Å². The van der Waals surface area contributed by atoms with Crippen LogP contribution in [0.2, 0.25) is 0 Å². The molecule has 0 bridgehead atoms. The summed E-state index contributed by atoms with van der Waals surface area (Å²) in [6.45, 7) is 11.7. The Morgan fingerprint density at radius 1 is 1.16 bits per heavy atom. The number of carbonyl (C=O) groups excluding carboxylic acids is 2. The zero-order valence-electron chi connectivity index (χ0n) is 16.0. The summed E-state index contributed by atoms with van der Waals surface area (Å²) in [4.78, 5) is 24.7. The molecule has 0 aliphatic carbocycles. The third-order valence-corrected chi connectivity index (χ3v) is 3.71. The lowest BCUT2D eigenvalue weighted by Crippen LogP contribution is -2.42. The summed E-state index contributed by atoms with van der Waals surface area (Å²) in [6.07, 6.45) is 0.446. The van der Waals surface area contributed by atoms with Gasteiger partial charge < -0.3 is 19.5 Å². The highest BCUT2D eigenvalue weighted by Crippen LogP contribution is 2.26. The van der Waals surface area contributed by atoms with Crippen molar-refractivity contribution in [2.24, 2.45) is 0 Å². The fraction of sp³-hybridized carbons (Fsp3) is 0.579. The number of benzene rings is 1. The zero-order valence-corrected chi connectivity index (χ0v) is 16.0. The average molecular weight is 351 g/mol. The molecule has 0 saturated heterocycles. The van der Waals surface area contributed by atoms with Crippen LogP contribution in [0.15, 0.2) is 18.2 Å². The Morgan fingerprint density at radius 2 is 1.84 bits per heavy atom. The van der Waals surface area contributed by atoms with Crippen LogP contribution < -0.4 is 10.1 Å². The number of amides is 1. The van der Waals surface area contributed by atoms with Gasteiger partial charge in [-0.1, -0.05) is 6.92 Å². The van der Waals surface area contributed by atoms with Gasteiger partial charge in [0, 0.05) is 12.3 Å². The molecule has 1 amide bonds. The number of anilines is 1. The van der Waals surface area contributed by atoms with E-state index >= 15 is 0 Å². The molecule has 1 aromatic rings. The molecule has 0 unspecified atom stereocenters. The second-order valence-corrected chi connectivity index (χ2v) is 6.07. The largest absolute Gasteiger partial charge is 0.490 e. The Bertz CT molecular complexity index is 599. The molecule has 140 valence electrons. The first-order chi connectivity index (χ1) is 11.8. The van der Waals surface area contributed by atoms with Crippen LogP contribution in [0, 0.1) is 0 Å². The number of rotatable bonds is 9. The minimum Gasteiger partial charge on any atom is -0.490 e. The number of hydrogen-bond acceptors (Lipinski definition) is 5. The summed E-state index contributed by atoms with van der Waals surface area (Å²) < 4.78 is 16.3. The predicted octanol–water partition coefficient (Wildman–Crippen LogP) is 3.79. The van der Waals surface area contributed by atoms with Crippen LogP contribution >= 0.6 is 0 Å². The van der Waals surface area contributed by atoms with Crippen molar-refractivity contribution < 1.29 is 23.8 Å². The predicted molar refractivity (Wildman–Crippen MR) is 97.1 cm³/mol. The highest BCUT2D eigenvalue weighted by Gasteiger charge is 2.32. The molecule has 1 rings (SSSR count). The Morgan fingerprint density at radius 3 is 2.36 bits per heavy atom. The van der Waals surface area contributed by atoms with Gasteiger partial charge in [0.1, 0.15) is 16.9 Å². The van der Waals surface area contributed by atoms with E-state index in [1.54, 1.807) is 32.0 Å². The van der Waals surface area contributed by atoms with Crippen LogP contribution in [0.25, 0.3) is 0 Å². The molecule has 1 N–H and O–H groups in total. The molecule has 0 heterocycles. The Balaban J connectivity index is 3.10. The molecule has 0 fully saturated rings. The van der Waals surface area contributed by atoms with Gasteiger partial charge in [0.05, 0.1) is 12.7 Å². The maximum atomic E-state index is 12.5. The molecular weight excluding hydrogens is 322 g/mol. The van der Waals surface area contributed by atoms with E-state index in [1.807, 2.05) is 27.7 Å². The molecule has 6 heteroatoms. The van der Waals surface area contributed by atoms with E-state index in [1.165, 1.54) is 0 Å². The quantitative estimate of drug-likeness (QED) is 0.685. The molecule has 0 radical (unpaired) electrons. The number of carbonyl (C=O) groups is 2. The molecule has 0 aromatic heterocycles. The molecule has 25 heavy (non-hydrogen) atoms.